The van der Waals surface area contributed by atoms with Crippen LogP contribution >= 0.6 is 0 Å². The van der Waals surface area contributed by atoms with Crippen LogP contribution in [-0.4, -0.2) is 23.1 Å². The average molecular weight is 183 g/mol. The van der Waals surface area contributed by atoms with E-state index in [0.717, 1.165) is 6.29 Å². The molecule has 0 saturated carbocycles. The maximum atomic E-state index is 10.1. The van der Waals surface area contributed by atoms with Crippen LogP contribution in [-0.2, 0) is 11.3 Å². The fourth-order valence-electron chi connectivity index (χ4n) is 0.854. The second kappa shape index (κ2) is 6.37. The van der Waals surface area contributed by atoms with Gasteiger partial charge in [0.05, 0.1) is 12.7 Å². The smallest absolute Gasteiger partial charge is 0.141 e. The standard InChI is InChI=1S/C8H12N2O.CH5N/c1-7(2)8-5-9-10(6-8)3-4-11;1-2/h4-7H,3H2,1-2H3;2H2,1H3. The number of nitrogens with zero attached hydrogens (tertiary/aromatic N) is 2. The van der Waals surface area contributed by atoms with Crippen molar-refractivity contribution in [2.24, 2.45) is 5.73 Å². The third-order valence-electron chi connectivity index (χ3n) is 1.58. The summed E-state index contributed by atoms with van der Waals surface area (Å²) in [5.74, 6) is 0.482. The van der Waals surface area contributed by atoms with Crippen LogP contribution in [0.2, 0.25) is 0 Å². The molecule has 13 heavy (non-hydrogen) atoms. The van der Waals surface area contributed by atoms with Crippen molar-refractivity contribution in [1.29, 1.82) is 0 Å². The molecule has 0 aliphatic carbocycles. The van der Waals surface area contributed by atoms with Gasteiger partial charge >= 0.3 is 0 Å². The molecule has 0 radical (unpaired) electrons. The Balaban J connectivity index is 0.000000671. The van der Waals surface area contributed by atoms with Crippen LogP contribution in [0.4, 0.5) is 0 Å². The summed E-state index contributed by atoms with van der Waals surface area (Å²) in [6, 6.07) is 0. The molecule has 0 aliphatic rings. The van der Waals surface area contributed by atoms with E-state index >= 15 is 0 Å². The maximum absolute atomic E-state index is 10.1. The van der Waals surface area contributed by atoms with Gasteiger partial charge in [-0.2, -0.15) is 5.10 Å². The molecule has 4 heteroatoms. The first-order valence-corrected chi connectivity index (χ1v) is 4.27. The third-order valence-corrected chi connectivity index (χ3v) is 1.58. The van der Waals surface area contributed by atoms with Crippen LogP contribution in [0.1, 0.15) is 25.3 Å². The molecule has 1 aromatic rings. The Kier molecular flexibility index (Phi) is 5.80. The number of carbonyl (C=O) groups excluding carboxylic acids is 1. The lowest BCUT2D eigenvalue weighted by atomic mass is 10.1. The molecule has 1 heterocycles. The maximum Gasteiger partial charge on any atom is 0.141 e. The number of nitrogens with two attached hydrogens (primary N) is 1. The second-order valence-corrected chi connectivity index (χ2v) is 2.82. The van der Waals surface area contributed by atoms with Crippen molar-refractivity contribution in [2.45, 2.75) is 26.3 Å². The molecule has 0 fully saturated rings. The first-order valence-electron chi connectivity index (χ1n) is 4.27. The predicted octanol–water partition coefficient (Wildman–Crippen LogP) is 0.780. The molecule has 0 amide bonds. The zero-order chi connectivity index (χ0) is 10.3. The highest BCUT2D eigenvalue weighted by Gasteiger charge is 2.00. The summed E-state index contributed by atoms with van der Waals surface area (Å²) < 4.78 is 1.64. The highest BCUT2D eigenvalue weighted by molar-refractivity contribution is 5.48. The van der Waals surface area contributed by atoms with Gasteiger partial charge in [0.1, 0.15) is 6.29 Å². The number of hydrogen-bond acceptors (Lipinski definition) is 3. The van der Waals surface area contributed by atoms with Gasteiger partial charge in [-0.25, -0.2) is 0 Å². The summed E-state index contributed by atoms with van der Waals surface area (Å²) in [4.78, 5) is 10.1. The molecule has 2 N–H and O–H groups in total. The SMILES string of the molecule is CC(C)c1cnn(CC=O)c1.CN. The van der Waals surface area contributed by atoms with Gasteiger partial charge in [-0.3, -0.25) is 4.68 Å². The fourth-order valence-corrected chi connectivity index (χ4v) is 0.854. The number of aromatic nitrogens is 2. The fraction of sp³-hybridized carbons (Fsp3) is 0.556. The zero-order valence-electron chi connectivity index (χ0n) is 8.40. The summed E-state index contributed by atoms with van der Waals surface area (Å²) in [6.07, 6.45) is 4.55. The highest BCUT2D eigenvalue weighted by Crippen LogP contribution is 2.11. The van der Waals surface area contributed by atoms with Crippen LogP contribution in [0.3, 0.4) is 0 Å². The van der Waals surface area contributed by atoms with Crippen molar-refractivity contribution in [3.63, 3.8) is 0 Å². The molecule has 0 atom stereocenters. The summed E-state index contributed by atoms with van der Waals surface area (Å²) >= 11 is 0. The average Bonchev–Trinajstić information content (AvgIpc) is 2.57. The third kappa shape index (κ3) is 3.85. The molecule has 1 aromatic heterocycles. The molecular weight excluding hydrogens is 166 g/mol. The Morgan fingerprint density at radius 3 is 2.62 bits per heavy atom. The van der Waals surface area contributed by atoms with Gasteiger partial charge in [-0.1, -0.05) is 13.8 Å². The second-order valence-electron chi connectivity index (χ2n) is 2.82. The number of rotatable bonds is 3. The van der Waals surface area contributed by atoms with Gasteiger partial charge in [0.15, 0.2) is 0 Å². The van der Waals surface area contributed by atoms with Gasteiger partial charge in [-0.05, 0) is 18.5 Å². The normalized spacial score (nSPS) is 9.31. The van der Waals surface area contributed by atoms with Crippen molar-refractivity contribution in [1.82, 2.24) is 9.78 Å². The first-order chi connectivity index (χ1) is 6.24. The van der Waals surface area contributed by atoms with Crippen LogP contribution < -0.4 is 5.73 Å². The van der Waals surface area contributed by atoms with E-state index in [1.807, 2.05) is 6.20 Å². The van der Waals surface area contributed by atoms with Crippen molar-refractivity contribution >= 4 is 6.29 Å². The van der Waals surface area contributed by atoms with Crippen molar-refractivity contribution in [3.8, 4) is 0 Å². The molecule has 0 saturated heterocycles. The van der Waals surface area contributed by atoms with E-state index < -0.39 is 0 Å². The molecule has 0 aliphatic heterocycles. The van der Waals surface area contributed by atoms with E-state index in [2.05, 4.69) is 24.7 Å². The van der Waals surface area contributed by atoms with E-state index in [1.165, 1.54) is 12.6 Å². The number of aldehydes is 1. The lowest BCUT2D eigenvalue weighted by Gasteiger charge is -1.96. The highest BCUT2D eigenvalue weighted by atomic mass is 16.1. The van der Waals surface area contributed by atoms with Gasteiger partial charge in [-0.15, -0.1) is 0 Å². The summed E-state index contributed by atoms with van der Waals surface area (Å²) in [7, 11) is 1.50. The Morgan fingerprint density at radius 2 is 2.23 bits per heavy atom. The lowest BCUT2D eigenvalue weighted by Crippen LogP contribution is -1.98. The van der Waals surface area contributed by atoms with Crippen molar-refractivity contribution < 1.29 is 4.79 Å². The predicted molar refractivity (Wildman–Crippen MR) is 52.5 cm³/mol. The van der Waals surface area contributed by atoms with E-state index in [4.69, 9.17) is 0 Å². The molecule has 0 aromatic carbocycles. The quantitative estimate of drug-likeness (QED) is 0.704. The van der Waals surface area contributed by atoms with E-state index in [9.17, 15) is 4.79 Å². The molecule has 4 nitrogen and oxygen atoms in total. The van der Waals surface area contributed by atoms with Crippen LogP contribution in [0.15, 0.2) is 12.4 Å². The molecule has 0 unspecified atom stereocenters. The van der Waals surface area contributed by atoms with Gasteiger partial charge in [0.2, 0.25) is 0 Å². The molecule has 1 rings (SSSR count). The Bertz CT molecular complexity index is 243. The van der Waals surface area contributed by atoms with Crippen LogP contribution in [0, 0.1) is 0 Å². The Labute approximate surface area is 78.7 Å². The minimum Gasteiger partial charge on any atom is -0.333 e. The molecular formula is C9H17N3O. The van der Waals surface area contributed by atoms with Crippen LogP contribution in [0.25, 0.3) is 0 Å². The Hall–Kier alpha value is -1.16. The minimum atomic E-state index is 0.354. The van der Waals surface area contributed by atoms with Gasteiger partial charge < -0.3 is 10.5 Å². The zero-order valence-corrected chi connectivity index (χ0v) is 8.40. The van der Waals surface area contributed by atoms with E-state index in [1.54, 1.807) is 10.9 Å². The van der Waals surface area contributed by atoms with E-state index in [0.29, 0.717) is 12.5 Å². The monoisotopic (exact) mass is 183 g/mol. The van der Waals surface area contributed by atoms with Crippen molar-refractivity contribution in [2.75, 3.05) is 7.05 Å². The summed E-state index contributed by atoms with van der Waals surface area (Å²) in [6.45, 7) is 4.55. The Morgan fingerprint density at radius 1 is 1.62 bits per heavy atom. The minimum absolute atomic E-state index is 0.354. The van der Waals surface area contributed by atoms with Gasteiger partial charge in [0, 0.05) is 6.20 Å². The molecule has 74 valence electrons. The van der Waals surface area contributed by atoms with Gasteiger partial charge in [0.25, 0.3) is 0 Å². The lowest BCUT2D eigenvalue weighted by molar-refractivity contribution is -0.108. The summed E-state index contributed by atoms with van der Waals surface area (Å²) in [5, 5.41) is 4.01. The largest absolute Gasteiger partial charge is 0.333 e. The molecule has 0 spiro atoms. The van der Waals surface area contributed by atoms with Crippen molar-refractivity contribution in [3.05, 3.63) is 18.0 Å². The number of hydrogen-bond donors (Lipinski definition) is 1. The molecule has 0 bridgehead atoms. The topological polar surface area (TPSA) is 60.9 Å². The number of carbonyl (C=O) groups is 1. The summed E-state index contributed by atoms with van der Waals surface area (Å²) in [5.41, 5.74) is 5.67. The van der Waals surface area contributed by atoms with E-state index in [-0.39, 0.29) is 0 Å². The van der Waals surface area contributed by atoms with Crippen LogP contribution in [0.5, 0.6) is 0 Å². The first kappa shape index (κ1) is 11.8.